The van der Waals surface area contributed by atoms with Crippen LogP contribution in [0.4, 0.5) is 24.8 Å². The van der Waals surface area contributed by atoms with Crippen molar-refractivity contribution in [3.05, 3.63) is 22.6 Å². The van der Waals surface area contributed by atoms with Crippen LogP contribution in [-0.2, 0) is 4.74 Å². The zero-order valence-electron chi connectivity index (χ0n) is 15.4. The van der Waals surface area contributed by atoms with Crippen molar-refractivity contribution in [3.8, 4) is 0 Å². The first-order valence-corrected chi connectivity index (χ1v) is 8.92. The monoisotopic (exact) mass is 392 g/mol. The van der Waals surface area contributed by atoms with Crippen molar-refractivity contribution in [2.75, 3.05) is 29.9 Å². The van der Waals surface area contributed by atoms with Crippen molar-refractivity contribution < 1.29 is 17.9 Å². The smallest absolute Gasteiger partial charge is 0.356 e. The lowest BCUT2D eigenvalue weighted by Gasteiger charge is -2.34. The summed E-state index contributed by atoms with van der Waals surface area (Å²) in [6.07, 6.45) is -1.96. The molecule has 2 heterocycles. The molecule has 1 saturated heterocycles. The van der Waals surface area contributed by atoms with Crippen LogP contribution >= 0.6 is 11.6 Å². The number of halogens is 4. The van der Waals surface area contributed by atoms with Gasteiger partial charge in [0.25, 0.3) is 0 Å². The molecule has 0 unspecified atom stereocenters. The van der Waals surface area contributed by atoms with Gasteiger partial charge < -0.3 is 9.80 Å². The number of piperidine rings is 1. The molecule has 1 aliphatic heterocycles. The fourth-order valence-corrected chi connectivity index (χ4v) is 3.14. The van der Waals surface area contributed by atoms with Crippen molar-refractivity contribution in [3.63, 3.8) is 0 Å². The number of rotatable bonds is 5. The molecular weight excluding hydrogens is 369 g/mol. The third-order valence-electron chi connectivity index (χ3n) is 4.41. The van der Waals surface area contributed by atoms with Crippen LogP contribution in [0.25, 0.3) is 0 Å². The highest BCUT2D eigenvalue weighted by atomic mass is 35.5. The Balaban J connectivity index is 2.18. The molecular formula is C17H24ClF3N4O. The Morgan fingerprint density at radius 2 is 1.96 bits per heavy atom. The number of aromatic nitrogens is 2. The second-order valence-corrected chi connectivity index (χ2v) is 6.79. The van der Waals surface area contributed by atoms with Gasteiger partial charge in [-0.2, -0.15) is 4.98 Å². The Kier molecular flexibility index (Phi) is 6.74. The molecule has 26 heavy (non-hydrogen) atoms. The molecule has 5 nitrogen and oxygen atoms in total. The van der Waals surface area contributed by atoms with E-state index in [0.29, 0.717) is 24.7 Å². The molecule has 0 aromatic carbocycles. The van der Waals surface area contributed by atoms with E-state index in [-0.39, 0.29) is 18.1 Å². The molecule has 9 heteroatoms. The van der Waals surface area contributed by atoms with Crippen molar-refractivity contribution in [2.45, 2.75) is 52.5 Å². The lowest BCUT2D eigenvalue weighted by Crippen LogP contribution is -2.40. The van der Waals surface area contributed by atoms with Gasteiger partial charge in [0.05, 0.1) is 6.10 Å². The second-order valence-electron chi connectivity index (χ2n) is 6.45. The number of hydrogen-bond donors (Lipinski definition) is 0. The van der Waals surface area contributed by atoms with E-state index >= 15 is 0 Å². The fraction of sp³-hybridized carbons (Fsp3) is 0.647. The first kappa shape index (κ1) is 20.8. The number of alkyl halides is 3. The highest BCUT2D eigenvalue weighted by Crippen LogP contribution is 2.31. The summed E-state index contributed by atoms with van der Waals surface area (Å²) in [5, 5.41) is 0.115. The van der Waals surface area contributed by atoms with Crippen LogP contribution in [0.3, 0.4) is 0 Å². The van der Waals surface area contributed by atoms with Crippen molar-refractivity contribution in [2.24, 2.45) is 0 Å². The highest BCUT2D eigenvalue weighted by Gasteiger charge is 2.35. The Bertz CT molecular complexity index is 658. The third-order valence-corrected chi connectivity index (χ3v) is 4.58. The van der Waals surface area contributed by atoms with Crippen LogP contribution < -0.4 is 9.80 Å². The minimum Gasteiger partial charge on any atom is -0.356 e. The average molecular weight is 393 g/mol. The van der Waals surface area contributed by atoms with Gasteiger partial charge >= 0.3 is 6.36 Å². The second kappa shape index (κ2) is 8.43. The van der Waals surface area contributed by atoms with E-state index in [1.165, 1.54) is 5.57 Å². The number of ether oxygens (including phenoxy) is 1. The lowest BCUT2D eigenvalue weighted by molar-refractivity contribution is -0.344. The summed E-state index contributed by atoms with van der Waals surface area (Å²) in [4.78, 5) is 12.5. The number of allylic oxidation sites excluding steroid dienone is 1. The van der Waals surface area contributed by atoms with Gasteiger partial charge in [0.2, 0.25) is 5.28 Å². The third kappa shape index (κ3) is 5.48. The van der Waals surface area contributed by atoms with Gasteiger partial charge in [-0.3, -0.25) is 4.74 Å². The van der Waals surface area contributed by atoms with Crippen molar-refractivity contribution >= 4 is 23.2 Å². The molecule has 2 rings (SSSR count). The zero-order chi connectivity index (χ0) is 19.5. The summed E-state index contributed by atoms with van der Waals surface area (Å²) in [5.74, 6) is 1.33. The number of hydrogen-bond acceptors (Lipinski definition) is 5. The average Bonchev–Trinajstić information content (AvgIpc) is 2.55. The Morgan fingerprint density at radius 3 is 2.50 bits per heavy atom. The summed E-state index contributed by atoms with van der Waals surface area (Å²) < 4.78 is 41.2. The summed E-state index contributed by atoms with van der Waals surface area (Å²) in [6, 6.07) is 0. The fourth-order valence-electron chi connectivity index (χ4n) is 2.98. The summed E-state index contributed by atoms with van der Waals surface area (Å²) in [7, 11) is 1.89. The number of nitrogens with zero attached hydrogens (tertiary/aromatic N) is 4. The maximum atomic E-state index is 12.4. The first-order valence-electron chi connectivity index (χ1n) is 8.54. The molecule has 1 aromatic heterocycles. The molecule has 0 atom stereocenters. The van der Waals surface area contributed by atoms with Gasteiger partial charge in [-0.15, -0.1) is 13.2 Å². The van der Waals surface area contributed by atoms with Crippen LogP contribution in [0.1, 0.15) is 38.7 Å². The molecule has 0 spiro atoms. The van der Waals surface area contributed by atoms with Gasteiger partial charge in [0, 0.05) is 31.9 Å². The van der Waals surface area contributed by atoms with Gasteiger partial charge in [-0.25, -0.2) is 4.98 Å². The summed E-state index contributed by atoms with van der Waals surface area (Å²) in [5.41, 5.74) is 2.03. The van der Waals surface area contributed by atoms with E-state index in [4.69, 9.17) is 11.6 Å². The Labute approximate surface area is 156 Å². The Morgan fingerprint density at radius 1 is 1.35 bits per heavy atom. The predicted molar refractivity (Wildman–Crippen MR) is 96.6 cm³/mol. The minimum absolute atomic E-state index is 0.115. The molecule has 146 valence electrons. The highest BCUT2D eigenvalue weighted by molar-refractivity contribution is 6.28. The lowest BCUT2D eigenvalue weighted by atomic mass is 10.1. The quantitative estimate of drug-likeness (QED) is 0.680. The maximum Gasteiger partial charge on any atom is 0.522 e. The van der Waals surface area contributed by atoms with Crippen LogP contribution in [0.15, 0.2) is 11.8 Å². The van der Waals surface area contributed by atoms with Gasteiger partial charge in [-0.05, 0) is 44.7 Å². The van der Waals surface area contributed by atoms with E-state index in [1.807, 2.05) is 36.9 Å². The van der Waals surface area contributed by atoms with Crippen LogP contribution in [0.5, 0.6) is 0 Å². The minimum atomic E-state index is -4.60. The van der Waals surface area contributed by atoms with E-state index < -0.39 is 12.5 Å². The van der Waals surface area contributed by atoms with Crippen LogP contribution in [-0.4, -0.2) is 42.6 Å². The topological polar surface area (TPSA) is 41.5 Å². The molecule has 0 N–H and O–H groups in total. The van der Waals surface area contributed by atoms with E-state index in [1.54, 1.807) is 0 Å². The maximum absolute atomic E-state index is 12.4. The van der Waals surface area contributed by atoms with Gasteiger partial charge in [0.1, 0.15) is 11.6 Å². The van der Waals surface area contributed by atoms with Crippen molar-refractivity contribution in [1.29, 1.82) is 0 Å². The summed E-state index contributed by atoms with van der Waals surface area (Å²) in [6.45, 7) is 6.83. The largest absolute Gasteiger partial charge is 0.522 e. The molecule has 0 aliphatic carbocycles. The molecule has 1 aliphatic rings. The predicted octanol–water partition coefficient (Wildman–Crippen LogP) is 4.69. The summed E-state index contributed by atoms with van der Waals surface area (Å²) >= 11 is 6.10. The molecule has 0 radical (unpaired) electrons. The van der Waals surface area contributed by atoms with Gasteiger partial charge in [0.15, 0.2) is 0 Å². The standard InChI is InChI=1S/C17H24ClF3N4O/c1-5-11(2)10-24(4)14-12(3)15(23-16(18)22-14)25-8-6-13(7-9-25)26-17(19,20)21/h10,13H,5-9H2,1-4H3/b11-10+. The van der Waals surface area contributed by atoms with Crippen LogP contribution in [0, 0.1) is 6.92 Å². The first-order chi connectivity index (χ1) is 12.1. The van der Waals surface area contributed by atoms with Gasteiger partial charge in [-0.1, -0.05) is 12.5 Å². The van der Waals surface area contributed by atoms with Crippen LogP contribution in [0.2, 0.25) is 5.28 Å². The zero-order valence-corrected chi connectivity index (χ0v) is 16.2. The molecule has 1 aromatic rings. The number of anilines is 2. The van der Waals surface area contributed by atoms with E-state index in [9.17, 15) is 13.2 Å². The SMILES string of the molecule is CC/C(C)=C/N(C)c1nc(Cl)nc(N2CCC(OC(F)(F)F)CC2)c1C. The normalized spacial score (nSPS) is 16.9. The van der Waals surface area contributed by atoms with Crippen molar-refractivity contribution in [1.82, 2.24) is 9.97 Å². The van der Waals surface area contributed by atoms with E-state index in [0.717, 1.165) is 12.0 Å². The molecule has 0 saturated carbocycles. The molecule has 0 amide bonds. The molecule has 0 bridgehead atoms. The van der Waals surface area contributed by atoms with E-state index in [2.05, 4.69) is 21.6 Å². The Hall–Kier alpha value is -1.54. The molecule has 1 fully saturated rings.